The molecule has 0 bridgehead atoms. The minimum absolute atomic E-state index is 0.0524. The van der Waals surface area contributed by atoms with Gasteiger partial charge in [-0.2, -0.15) is 0 Å². The van der Waals surface area contributed by atoms with Crippen LogP contribution in [-0.2, 0) is 19.6 Å². The number of methoxy groups -OCH3 is 1. The number of carbonyl (C=O) groups is 2. The summed E-state index contributed by atoms with van der Waals surface area (Å²) in [6.07, 6.45) is 0. The molecule has 0 saturated heterocycles. The van der Waals surface area contributed by atoms with E-state index >= 15 is 0 Å². The quantitative estimate of drug-likeness (QED) is 0.550. The Hall–Kier alpha value is -3.41. The molecule has 12 heteroatoms. The lowest BCUT2D eigenvalue weighted by Gasteiger charge is -2.17. The highest BCUT2D eigenvalue weighted by Crippen LogP contribution is 2.36. The highest BCUT2D eigenvalue weighted by molar-refractivity contribution is 7.99. The number of hydrogen-bond acceptors (Lipinski definition) is 5. The Kier molecular flexibility index (Phi) is 5.77. The van der Waals surface area contributed by atoms with Crippen LogP contribution in [0.1, 0.15) is 12.5 Å². The maximum absolute atomic E-state index is 13.7. The van der Waals surface area contributed by atoms with Gasteiger partial charge in [0.1, 0.15) is 22.9 Å². The van der Waals surface area contributed by atoms with Crippen LogP contribution in [0.5, 0.6) is 5.75 Å². The normalized spacial score (nSPS) is 15.4. The van der Waals surface area contributed by atoms with E-state index < -0.39 is 57.3 Å². The summed E-state index contributed by atoms with van der Waals surface area (Å²) >= 11 is 0. The first-order valence-electron chi connectivity index (χ1n) is 8.54. The number of benzene rings is 2. The van der Waals surface area contributed by atoms with Crippen molar-refractivity contribution in [2.45, 2.75) is 6.92 Å². The maximum Gasteiger partial charge on any atom is 0.268 e. The largest absolute Gasteiger partial charge is 0.497 e. The van der Waals surface area contributed by atoms with E-state index in [2.05, 4.69) is 0 Å². The molecule has 3 rings (SSSR count). The summed E-state index contributed by atoms with van der Waals surface area (Å²) in [7, 11) is -3.09. The Morgan fingerprint density at radius 1 is 1.06 bits per heavy atom. The van der Waals surface area contributed by atoms with Gasteiger partial charge in [-0.25, -0.2) is 30.3 Å². The van der Waals surface area contributed by atoms with Crippen molar-refractivity contribution >= 4 is 32.4 Å². The van der Waals surface area contributed by atoms with Crippen LogP contribution in [0.25, 0.3) is 4.91 Å². The zero-order valence-corrected chi connectivity index (χ0v) is 16.8. The number of sulfonamides is 1. The van der Waals surface area contributed by atoms with E-state index in [9.17, 15) is 35.6 Å². The van der Waals surface area contributed by atoms with Crippen LogP contribution in [0.2, 0.25) is 0 Å². The van der Waals surface area contributed by atoms with Crippen molar-refractivity contribution in [3.8, 4) is 5.75 Å². The summed E-state index contributed by atoms with van der Waals surface area (Å²) in [6.45, 7) is 0.0633. The lowest BCUT2D eigenvalue weighted by Crippen LogP contribution is -2.38. The van der Waals surface area contributed by atoms with Gasteiger partial charge in [-0.1, -0.05) is 0 Å². The van der Waals surface area contributed by atoms with Gasteiger partial charge >= 0.3 is 0 Å². The molecule has 0 saturated carbocycles. The van der Waals surface area contributed by atoms with Crippen LogP contribution in [0.3, 0.4) is 0 Å². The Balaban J connectivity index is 1.88. The van der Waals surface area contributed by atoms with Gasteiger partial charge in [-0.05, 0) is 36.8 Å². The lowest BCUT2D eigenvalue weighted by atomic mass is 10.1. The van der Waals surface area contributed by atoms with Gasteiger partial charge in [0.25, 0.3) is 15.9 Å². The molecular formula is C19H14F4N2O5S. The summed E-state index contributed by atoms with van der Waals surface area (Å²) in [5, 5.41) is 1.57. The number of carbonyl (C=O) groups excluding carboxylic acids is 2. The van der Waals surface area contributed by atoms with E-state index in [-0.39, 0.29) is 26.4 Å². The molecule has 0 unspecified atom stereocenters. The molecule has 7 nitrogen and oxygen atoms in total. The molecule has 2 amide bonds. The maximum atomic E-state index is 13.7. The fourth-order valence-corrected chi connectivity index (χ4v) is 4.72. The van der Waals surface area contributed by atoms with Gasteiger partial charge in [-0.15, -0.1) is 0 Å². The van der Waals surface area contributed by atoms with Crippen LogP contribution in [0.15, 0.2) is 35.9 Å². The van der Waals surface area contributed by atoms with Crippen LogP contribution in [0.4, 0.5) is 23.2 Å². The second-order valence-electron chi connectivity index (χ2n) is 6.39. The molecule has 2 aromatic rings. The molecule has 0 aliphatic carbocycles. The average molecular weight is 458 g/mol. The van der Waals surface area contributed by atoms with Gasteiger partial charge in [-0.3, -0.25) is 9.59 Å². The van der Waals surface area contributed by atoms with E-state index in [1.807, 2.05) is 0 Å². The molecule has 1 aliphatic heterocycles. The van der Waals surface area contributed by atoms with Crippen molar-refractivity contribution in [3.05, 3.63) is 64.7 Å². The van der Waals surface area contributed by atoms with Crippen molar-refractivity contribution in [2.24, 2.45) is 0 Å². The molecule has 164 valence electrons. The van der Waals surface area contributed by atoms with Gasteiger partial charge in [0.05, 0.1) is 7.11 Å². The van der Waals surface area contributed by atoms with E-state index in [1.165, 1.54) is 38.3 Å². The Labute approximate surface area is 174 Å². The number of nitrogens with one attached hydrogen (secondary N) is 1. The van der Waals surface area contributed by atoms with Crippen LogP contribution in [0, 0.1) is 23.3 Å². The van der Waals surface area contributed by atoms with Gasteiger partial charge in [0.2, 0.25) is 5.91 Å². The predicted molar refractivity (Wildman–Crippen MR) is 101 cm³/mol. The Morgan fingerprint density at radius 2 is 1.61 bits per heavy atom. The highest BCUT2D eigenvalue weighted by atomic mass is 32.2. The molecule has 1 N–H and O–H groups in total. The number of hydrogen-bond donors (Lipinski definition) is 1. The number of halogens is 4. The molecular weight excluding hydrogens is 444 g/mol. The van der Waals surface area contributed by atoms with E-state index in [1.54, 1.807) is 5.32 Å². The first-order chi connectivity index (χ1) is 14.5. The monoisotopic (exact) mass is 458 g/mol. The standard InChI is InChI=1S/C19H14F4N2O5S/c1-9-18(10-3-5-11(30-2)6-4-10)31(28,29)25(19(9)27)8-14(26)24-17-15(22)12(20)7-13(21)16(17)23/h3-7H,8H2,1-2H3,(H,24,26). The van der Waals surface area contributed by atoms with Gasteiger partial charge in [0.15, 0.2) is 23.3 Å². The third-order valence-corrected chi connectivity index (χ3v) is 6.38. The molecule has 0 fully saturated rings. The number of amides is 2. The minimum atomic E-state index is -4.50. The first kappa shape index (κ1) is 22.3. The average Bonchev–Trinajstić information content (AvgIpc) is 2.89. The summed E-state index contributed by atoms with van der Waals surface area (Å²) in [6, 6.07) is 5.67. The van der Waals surface area contributed by atoms with Crippen molar-refractivity contribution in [1.29, 1.82) is 0 Å². The number of rotatable bonds is 5. The van der Waals surface area contributed by atoms with Crippen LogP contribution in [-0.4, -0.2) is 38.2 Å². The topological polar surface area (TPSA) is 92.8 Å². The smallest absolute Gasteiger partial charge is 0.268 e. The highest BCUT2D eigenvalue weighted by Gasteiger charge is 2.43. The van der Waals surface area contributed by atoms with Crippen molar-refractivity contribution in [1.82, 2.24) is 4.31 Å². The summed E-state index contributed by atoms with van der Waals surface area (Å²) in [5.74, 6) is -9.27. The molecule has 0 spiro atoms. The van der Waals surface area contributed by atoms with Gasteiger partial charge in [0, 0.05) is 11.6 Å². The fraction of sp³-hybridized carbons (Fsp3) is 0.158. The summed E-state index contributed by atoms with van der Waals surface area (Å²) < 4.78 is 85.0. The molecule has 31 heavy (non-hydrogen) atoms. The molecule has 0 radical (unpaired) electrons. The van der Waals surface area contributed by atoms with Crippen molar-refractivity contribution < 1.29 is 40.3 Å². The third kappa shape index (κ3) is 3.85. The second-order valence-corrected chi connectivity index (χ2v) is 8.19. The third-order valence-electron chi connectivity index (χ3n) is 4.45. The molecule has 1 aliphatic rings. The Morgan fingerprint density at radius 3 is 2.13 bits per heavy atom. The number of anilines is 1. The molecule has 2 aromatic carbocycles. The fourth-order valence-electron chi connectivity index (χ4n) is 2.95. The molecule has 0 atom stereocenters. The Bertz CT molecular complexity index is 1200. The summed E-state index contributed by atoms with van der Waals surface area (Å²) in [5.41, 5.74) is -1.47. The zero-order chi connectivity index (χ0) is 23.1. The molecule has 0 aromatic heterocycles. The molecule has 1 heterocycles. The number of nitrogens with zero attached hydrogens (tertiary/aromatic N) is 1. The first-order valence-corrected chi connectivity index (χ1v) is 9.98. The van der Waals surface area contributed by atoms with E-state index in [0.717, 1.165) is 0 Å². The zero-order valence-electron chi connectivity index (χ0n) is 16.0. The lowest BCUT2D eigenvalue weighted by molar-refractivity contribution is -0.126. The van der Waals surface area contributed by atoms with Crippen LogP contribution < -0.4 is 10.1 Å². The predicted octanol–water partition coefficient (Wildman–Crippen LogP) is 2.79. The van der Waals surface area contributed by atoms with E-state index in [4.69, 9.17) is 4.74 Å². The van der Waals surface area contributed by atoms with Crippen molar-refractivity contribution in [3.63, 3.8) is 0 Å². The second kappa shape index (κ2) is 8.02. The van der Waals surface area contributed by atoms with Crippen LogP contribution >= 0.6 is 0 Å². The summed E-state index contributed by atoms with van der Waals surface area (Å²) in [4.78, 5) is 24.3. The number of ether oxygens (including phenoxy) is 1. The van der Waals surface area contributed by atoms with Gasteiger partial charge < -0.3 is 10.1 Å². The SMILES string of the molecule is COc1ccc(C2=C(C)C(=O)N(CC(=O)Nc3c(F)c(F)cc(F)c3F)S2(=O)=O)cc1. The van der Waals surface area contributed by atoms with Crippen molar-refractivity contribution in [2.75, 3.05) is 19.0 Å². The van der Waals surface area contributed by atoms with E-state index in [0.29, 0.717) is 5.75 Å². The minimum Gasteiger partial charge on any atom is -0.497 e.